The van der Waals surface area contributed by atoms with Crippen LogP contribution in [0.4, 0.5) is 5.69 Å². The van der Waals surface area contributed by atoms with Gasteiger partial charge in [0.2, 0.25) is 10.0 Å². The number of nitrogens with two attached hydrogens (primary N) is 1. The minimum Gasteiger partial charge on any atom is -0.399 e. The molecule has 102 valence electrons. The molecule has 0 radical (unpaired) electrons. The lowest BCUT2D eigenvalue weighted by molar-refractivity contribution is 0.177. The van der Waals surface area contributed by atoms with Crippen molar-refractivity contribution < 1.29 is 13.5 Å². The molecule has 18 heavy (non-hydrogen) atoms. The van der Waals surface area contributed by atoms with E-state index in [1.807, 2.05) is 0 Å². The zero-order valence-electron chi connectivity index (χ0n) is 10.3. The van der Waals surface area contributed by atoms with Crippen LogP contribution in [0.1, 0.15) is 13.3 Å². The number of halogens is 1. The Bertz CT molecular complexity index is 517. The number of aliphatic hydroxyl groups is 1. The van der Waals surface area contributed by atoms with Crippen molar-refractivity contribution in [1.29, 1.82) is 0 Å². The first-order chi connectivity index (χ1) is 8.25. The number of hydrogen-bond acceptors (Lipinski definition) is 4. The molecule has 3 N–H and O–H groups in total. The van der Waals surface area contributed by atoms with Gasteiger partial charge in [-0.3, -0.25) is 0 Å². The number of anilines is 1. The fourth-order valence-corrected chi connectivity index (χ4v) is 3.52. The van der Waals surface area contributed by atoms with Crippen LogP contribution in [0, 0.1) is 0 Å². The average Bonchev–Trinajstić information content (AvgIpc) is 2.28. The zero-order valence-corrected chi connectivity index (χ0v) is 12.7. The molecule has 5 nitrogen and oxygen atoms in total. The van der Waals surface area contributed by atoms with E-state index in [-0.39, 0.29) is 11.4 Å². The van der Waals surface area contributed by atoms with Gasteiger partial charge in [-0.15, -0.1) is 0 Å². The Kier molecular flexibility index (Phi) is 5.15. The van der Waals surface area contributed by atoms with Crippen LogP contribution >= 0.6 is 15.9 Å². The van der Waals surface area contributed by atoms with Crippen molar-refractivity contribution in [3.63, 3.8) is 0 Å². The molecule has 7 heteroatoms. The van der Waals surface area contributed by atoms with Crippen LogP contribution < -0.4 is 5.73 Å². The van der Waals surface area contributed by atoms with Gasteiger partial charge in [-0.1, -0.05) is 0 Å². The predicted octanol–water partition coefficient (Wildman–Crippen LogP) is 1.42. The molecule has 0 aliphatic heterocycles. The first-order valence-corrected chi connectivity index (χ1v) is 7.68. The second kappa shape index (κ2) is 6.01. The minimum atomic E-state index is -3.59. The molecule has 0 saturated heterocycles. The molecule has 1 atom stereocenters. The molecule has 0 fully saturated rings. The van der Waals surface area contributed by atoms with Gasteiger partial charge >= 0.3 is 0 Å². The van der Waals surface area contributed by atoms with Gasteiger partial charge in [-0.25, -0.2) is 12.7 Å². The van der Waals surface area contributed by atoms with Gasteiger partial charge in [0.15, 0.2) is 0 Å². The van der Waals surface area contributed by atoms with Crippen molar-refractivity contribution in [2.24, 2.45) is 0 Å². The molecule has 0 amide bonds. The molecular weight excluding hydrogens is 320 g/mol. The van der Waals surface area contributed by atoms with Crippen molar-refractivity contribution in [3.8, 4) is 0 Å². The number of sulfonamides is 1. The summed E-state index contributed by atoms with van der Waals surface area (Å²) in [6, 6.07) is 4.64. The first-order valence-electron chi connectivity index (χ1n) is 5.44. The molecule has 0 aromatic heterocycles. The lowest BCUT2D eigenvalue weighted by atomic mass is 10.3. The van der Waals surface area contributed by atoms with E-state index in [0.717, 1.165) is 0 Å². The van der Waals surface area contributed by atoms with Gasteiger partial charge in [-0.2, -0.15) is 0 Å². The fraction of sp³-hybridized carbons (Fsp3) is 0.455. The standard InChI is InChI=1S/C11H17BrN2O3S/c1-8(15)5-6-14(2)18(16,17)11-7-9(13)3-4-10(11)12/h3-4,7-8,15H,5-6,13H2,1-2H3. The van der Waals surface area contributed by atoms with Gasteiger partial charge in [0.05, 0.1) is 11.0 Å². The summed E-state index contributed by atoms with van der Waals surface area (Å²) in [6.07, 6.45) is -0.151. The quantitative estimate of drug-likeness (QED) is 0.796. The monoisotopic (exact) mass is 336 g/mol. The molecule has 0 heterocycles. The van der Waals surface area contributed by atoms with Crippen molar-refractivity contribution in [3.05, 3.63) is 22.7 Å². The maximum atomic E-state index is 12.3. The van der Waals surface area contributed by atoms with Crippen molar-refractivity contribution in [2.45, 2.75) is 24.3 Å². The van der Waals surface area contributed by atoms with E-state index in [4.69, 9.17) is 5.73 Å². The number of benzene rings is 1. The fourth-order valence-electron chi connectivity index (χ4n) is 1.37. The first kappa shape index (κ1) is 15.4. The van der Waals surface area contributed by atoms with Crippen LogP contribution in [0.15, 0.2) is 27.6 Å². The summed E-state index contributed by atoms with van der Waals surface area (Å²) in [6.45, 7) is 1.87. The number of aliphatic hydroxyl groups excluding tert-OH is 1. The van der Waals surface area contributed by atoms with E-state index in [9.17, 15) is 13.5 Å². The number of rotatable bonds is 5. The Hall–Kier alpha value is -0.630. The summed E-state index contributed by atoms with van der Waals surface area (Å²) in [4.78, 5) is 0.135. The number of nitrogens with zero attached hydrogens (tertiary/aromatic N) is 1. The third kappa shape index (κ3) is 3.68. The third-order valence-corrected chi connectivity index (χ3v) is 5.36. The summed E-state index contributed by atoms with van der Waals surface area (Å²) in [5, 5.41) is 9.19. The number of hydrogen-bond donors (Lipinski definition) is 2. The average molecular weight is 337 g/mol. The van der Waals surface area contributed by atoms with E-state index in [1.165, 1.54) is 17.4 Å². The lowest BCUT2D eigenvalue weighted by Gasteiger charge is -2.19. The Morgan fingerprint density at radius 1 is 1.50 bits per heavy atom. The molecule has 0 bridgehead atoms. The summed E-state index contributed by atoms with van der Waals surface area (Å²) in [5.74, 6) is 0. The van der Waals surface area contributed by atoms with Crippen LogP contribution in [0.2, 0.25) is 0 Å². The summed E-state index contributed by atoms with van der Waals surface area (Å²) in [5.41, 5.74) is 5.99. The lowest BCUT2D eigenvalue weighted by Crippen LogP contribution is -2.29. The smallest absolute Gasteiger partial charge is 0.244 e. The highest BCUT2D eigenvalue weighted by Crippen LogP contribution is 2.26. The summed E-state index contributed by atoms with van der Waals surface area (Å²) in [7, 11) is -2.11. The molecule has 0 aliphatic carbocycles. The molecule has 0 aliphatic rings. The largest absolute Gasteiger partial charge is 0.399 e. The second-order valence-electron chi connectivity index (χ2n) is 4.15. The minimum absolute atomic E-state index is 0.135. The normalized spacial score (nSPS) is 13.8. The Morgan fingerprint density at radius 3 is 2.67 bits per heavy atom. The van der Waals surface area contributed by atoms with E-state index in [0.29, 0.717) is 16.6 Å². The molecule has 0 spiro atoms. The zero-order chi connectivity index (χ0) is 13.9. The van der Waals surface area contributed by atoms with E-state index in [1.54, 1.807) is 19.1 Å². The Labute approximate surface area is 116 Å². The van der Waals surface area contributed by atoms with E-state index in [2.05, 4.69) is 15.9 Å². The molecule has 1 rings (SSSR count). The van der Waals surface area contributed by atoms with Gasteiger partial charge in [0.25, 0.3) is 0 Å². The Morgan fingerprint density at radius 2 is 2.11 bits per heavy atom. The van der Waals surface area contributed by atoms with E-state index >= 15 is 0 Å². The maximum Gasteiger partial charge on any atom is 0.244 e. The molecule has 1 aromatic carbocycles. The SMILES string of the molecule is CC(O)CCN(C)S(=O)(=O)c1cc(N)ccc1Br. The third-order valence-electron chi connectivity index (χ3n) is 2.51. The maximum absolute atomic E-state index is 12.3. The molecule has 1 unspecified atom stereocenters. The van der Waals surface area contributed by atoms with Crippen LogP contribution in [0.25, 0.3) is 0 Å². The van der Waals surface area contributed by atoms with Gasteiger partial charge in [0, 0.05) is 23.8 Å². The topological polar surface area (TPSA) is 83.6 Å². The van der Waals surface area contributed by atoms with E-state index < -0.39 is 16.1 Å². The molecular formula is C11H17BrN2O3S. The van der Waals surface area contributed by atoms with Gasteiger partial charge in [0.1, 0.15) is 0 Å². The number of nitrogen functional groups attached to an aromatic ring is 1. The second-order valence-corrected chi connectivity index (χ2v) is 7.02. The van der Waals surface area contributed by atoms with Crippen molar-refractivity contribution in [1.82, 2.24) is 4.31 Å². The summed E-state index contributed by atoms with van der Waals surface area (Å²) < 4.78 is 26.2. The van der Waals surface area contributed by atoms with Crippen LogP contribution in [0.3, 0.4) is 0 Å². The van der Waals surface area contributed by atoms with Crippen LogP contribution in [-0.4, -0.2) is 37.5 Å². The Balaban J connectivity index is 3.02. The molecule has 0 saturated carbocycles. The highest BCUT2D eigenvalue weighted by Gasteiger charge is 2.23. The van der Waals surface area contributed by atoms with Gasteiger partial charge in [-0.05, 0) is 47.5 Å². The van der Waals surface area contributed by atoms with Crippen molar-refractivity contribution >= 4 is 31.6 Å². The van der Waals surface area contributed by atoms with Crippen LogP contribution in [-0.2, 0) is 10.0 Å². The van der Waals surface area contributed by atoms with Crippen LogP contribution in [0.5, 0.6) is 0 Å². The summed E-state index contributed by atoms with van der Waals surface area (Å²) >= 11 is 3.20. The highest BCUT2D eigenvalue weighted by molar-refractivity contribution is 9.10. The van der Waals surface area contributed by atoms with Crippen molar-refractivity contribution in [2.75, 3.05) is 19.3 Å². The van der Waals surface area contributed by atoms with Gasteiger partial charge < -0.3 is 10.8 Å². The molecule has 1 aromatic rings. The highest BCUT2D eigenvalue weighted by atomic mass is 79.9. The predicted molar refractivity (Wildman–Crippen MR) is 74.7 cm³/mol.